The third-order valence-electron chi connectivity index (χ3n) is 3.35. The molecule has 2 N–H and O–H groups in total. The first-order valence-corrected chi connectivity index (χ1v) is 8.87. The Labute approximate surface area is 150 Å². The Kier molecular flexibility index (Phi) is 5.69. The third-order valence-corrected chi connectivity index (χ3v) is 4.15. The van der Waals surface area contributed by atoms with Gasteiger partial charge < -0.3 is 15.1 Å². The summed E-state index contributed by atoms with van der Waals surface area (Å²) < 4.78 is 5.18. The van der Waals surface area contributed by atoms with Gasteiger partial charge in [0.1, 0.15) is 10.8 Å². The van der Waals surface area contributed by atoms with Crippen LogP contribution in [0.5, 0.6) is 0 Å². The van der Waals surface area contributed by atoms with E-state index in [2.05, 4.69) is 27.8 Å². The van der Waals surface area contributed by atoms with Crippen LogP contribution >= 0.6 is 11.8 Å². The zero-order valence-corrected chi connectivity index (χ0v) is 14.5. The van der Waals surface area contributed by atoms with E-state index in [4.69, 9.17) is 4.42 Å². The Bertz CT molecular complexity index is 819. The van der Waals surface area contributed by atoms with Crippen LogP contribution in [0.25, 0.3) is 11.3 Å². The van der Waals surface area contributed by atoms with Crippen LogP contribution in [0.2, 0.25) is 0 Å². The van der Waals surface area contributed by atoms with E-state index in [0.717, 1.165) is 22.0 Å². The Balaban J connectivity index is 1.63. The summed E-state index contributed by atoms with van der Waals surface area (Å²) in [5.74, 6) is 1.66. The molecule has 0 radical (unpaired) electrons. The first-order chi connectivity index (χ1) is 12.2. The highest BCUT2D eigenvalue weighted by Crippen LogP contribution is 2.22. The summed E-state index contributed by atoms with van der Waals surface area (Å²) in [7, 11) is 0. The molecular formula is C18H18N4O2S. The number of amides is 2. The number of thioether (sulfide) groups is 1. The zero-order valence-electron chi connectivity index (χ0n) is 13.7. The number of urea groups is 1. The summed E-state index contributed by atoms with van der Waals surface area (Å²) in [5.41, 5.74) is 2.34. The van der Waals surface area contributed by atoms with Crippen molar-refractivity contribution in [2.75, 3.05) is 11.1 Å². The third kappa shape index (κ3) is 4.84. The number of carbonyl (C=O) groups excluding carboxylic acids is 1. The molecule has 128 valence electrons. The molecule has 0 unspecified atom stereocenters. The van der Waals surface area contributed by atoms with Gasteiger partial charge in [0, 0.05) is 11.3 Å². The van der Waals surface area contributed by atoms with Crippen molar-refractivity contribution in [3.8, 4) is 11.3 Å². The van der Waals surface area contributed by atoms with Gasteiger partial charge >= 0.3 is 6.03 Å². The predicted molar refractivity (Wildman–Crippen MR) is 98.4 cm³/mol. The molecule has 0 saturated carbocycles. The first kappa shape index (κ1) is 17.0. The van der Waals surface area contributed by atoms with Gasteiger partial charge in [0.05, 0.1) is 18.5 Å². The lowest BCUT2D eigenvalue weighted by Crippen LogP contribution is -2.27. The van der Waals surface area contributed by atoms with Crippen molar-refractivity contribution in [3.05, 3.63) is 60.6 Å². The van der Waals surface area contributed by atoms with Crippen LogP contribution in [0, 0.1) is 0 Å². The molecule has 2 amide bonds. The summed E-state index contributed by atoms with van der Waals surface area (Å²) in [5, 5.41) is 14.9. The number of benzene rings is 1. The van der Waals surface area contributed by atoms with Crippen molar-refractivity contribution in [2.24, 2.45) is 0 Å². The van der Waals surface area contributed by atoms with Crippen LogP contribution in [-0.4, -0.2) is 22.0 Å². The van der Waals surface area contributed by atoms with E-state index in [1.165, 1.54) is 0 Å². The van der Waals surface area contributed by atoms with Gasteiger partial charge in [-0.25, -0.2) is 4.79 Å². The molecule has 6 nitrogen and oxygen atoms in total. The molecule has 0 bridgehead atoms. The Morgan fingerprint density at radius 3 is 2.80 bits per heavy atom. The van der Waals surface area contributed by atoms with Gasteiger partial charge in [-0.05, 0) is 42.2 Å². The van der Waals surface area contributed by atoms with E-state index >= 15 is 0 Å². The van der Waals surface area contributed by atoms with E-state index in [0.29, 0.717) is 18.0 Å². The minimum atomic E-state index is -0.297. The van der Waals surface area contributed by atoms with Crippen LogP contribution in [-0.2, 0) is 6.54 Å². The lowest BCUT2D eigenvalue weighted by atomic mass is 10.1. The Hall–Kier alpha value is -2.80. The molecule has 25 heavy (non-hydrogen) atoms. The van der Waals surface area contributed by atoms with Gasteiger partial charge in [-0.2, -0.15) is 0 Å². The van der Waals surface area contributed by atoms with Crippen LogP contribution in [0.15, 0.2) is 64.2 Å². The molecular weight excluding hydrogens is 336 g/mol. The average Bonchev–Trinajstić information content (AvgIpc) is 3.15. The van der Waals surface area contributed by atoms with Crippen LogP contribution in [0.3, 0.4) is 0 Å². The standard InChI is InChI=1S/C18H18N4O2S/c1-2-25-17-9-8-16(21-22-17)13-5-3-6-14(11-13)20-18(23)19-12-15-7-4-10-24-15/h3-11H,2,12H2,1H3,(H2,19,20,23). The molecule has 2 heterocycles. The quantitative estimate of drug-likeness (QED) is 0.650. The molecule has 0 saturated heterocycles. The Morgan fingerprint density at radius 2 is 2.08 bits per heavy atom. The molecule has 7 heteroatoms. The Morgan fingerprint density at radius 1 is 1.16 bits per heavy atom. The number of nitrogens with one attached hydrogen (secondary N) is 2. The summed E-state index contributed by atoms with van der Waals surface area (Å²) in [6.07, 6.45) is 1.57. The van der Waals surface area contributed by atoms with E-state index in [1.807, 2.05) is 36.4 Å². The normalized spacial score (nSPS) is 10.4. The summed E-state index contributed by atoms with van der Waals surface area (Å²) in [4.78, 5) is 12.0. The molecule has 0 aliphatic carbocycles. The van der Waals surface area contributed by atoms with Crippen LogP contribution < -0.4 is 10.6 Å². The van der Waals surface area contributed by atoms with Gasteiger partial charge in [-0.3, -0.25) is 0 Å². The van der Waals surface area contributed by atoms with E-state index < -0.39 is 0 Å². The number of hydrogen-bond acceptors (Lipinski definition) is 5. The van der Waals surface area contributed by atoms with Crippen molar-refractivity contribution in [2.45, 2.75) is 18.5 Å². The smallest absolute Gasteiger partial charge is 0.319 e. The summed E-state index contributed by atoms with van der Waals surface area (Å²) in [6.45, 7) is 2.41. The molecule has 0 spiro atoms. The second-order valence-corrected chi connectivity index (χ2v) is 6.44. The molecule has 1 aromatic carbocycles. The van der Waals surface area contributed by atoms with Gasteiger partial charge in [0.25, 0.3) is 0 Å². The highest BCUT2D eigenvalue weighted by atomic mass is 32.2. The fraction of sp³-hybridized carbons (Fsp3) is 0.167. The number of hydrogen-bond donors (Lipinski definition) is 2. The van der Waals surface area contributed by atoms with Gasteiger partial charge in [-0.15, -0.1) is 22.0 Å². The largest absolute Gasteiger partial charge is 0.467 e. The maximum absolute atomic E-state index is 12.0. The minimum Gasteiger partial charge on any atom is -0.467 e. The lowest BCUT2D eigenvalue weighted by Gasteiger charge is -2.08. The highest BCUT2D eigenvalue weighted by molar-refractivity contribution is 7.99. The number of nitrogens with zero attached hydrogens (tertiary/aromatic N) is 2. The molecule has 3 aromatic rings. The number of furan rings is 1. The number of rotatable bonds is 6. The minimum absolute atomic E-state index is 0.297. The van der Waals surface area contributed by atoms with Gasteiger partial charge in [-0.1, -0.05) is 19.1 Å². The van der Waals surface area contributed by atoms with Crippen LogP contribution in [0.4, 0.5) is 10.5 Å². The second kappa shape index (κ2) is 8.34. The molecule has 0 fully saturated rings. The lowest BCUT2D eigenvalue weighted by molar-refractivity contribution is 0.251. The monoisotopic (exact) mass is 354 g/mol. The van der Waals surface area contributed by atoms with E-state index in [9.17, 15) is 4.79 Å². The van der Waals surface area contributed by atoms with Crippen molar-refractivity contribution < 1.29 is 9.21 Å². The maximum Gasteiger partial charge on any atom is 0.319 e. The number of carbonyl (C=O) groups is 1. The SMILES string of the molecule is CCSc1ccc(-c2cccc(NC(=O)NCc3ccco3)c2)nn1. The van der Waals surface area contributed by atoms with Gasteiger partial charge in [0.2, 0.25) is 0 Å². The first-order valence-electron chi connectivity index (χ1n) is 7.89. The summed E-state index contributed by atoms with van der Waals surface area (Å²) in [6, 6.07) is 14.7. The number of anilines is 1. The molecule has 0 aliphatic rings. The molecule has 2 aromatic heterocycles. The van der Waals surface area contributed by atoms with Crippen molar-refractivity contribution in [3.63, 3.8) is 0 Å². The van der Waals surface area contributed by atoms with Gasteiger partial charge in [0.15, 0.2) is 0 Å². The zero-order chi connectivity index (χ0) is 17.5. The molecule has 0 aliphatic heterocycles. The average molecular weight is 354 g/mol. The fourth-order valence-corrected chi connectivity index (χ4v) is 2.77. The van der Waals surface area contributed by atoms with Crippen LogP contribution in [0.1, 0.15) is 12.7 Å². The van der Waals surface area contributed by atoms with E-state index in [1.54, 1.807) is 30.2 Å². The highest BCUT2D eigenvalue weighted by Gasteiger charge is 2.06. The fourth-order valence-electron chi connectivity index (χ4n) is 2.21. The van der Waals surface area contributed by atoms with Crippen molar-refractivity contribution >= 4 is 23.5 Å². The van der Waals surface area contributed by atoms with E-state index in [-0.39, 0.29) is 6.03 Å². The predicted octanol–water partition coefficient (Wildman–Crippen LogP) is 4.17. The molecule has 3 rings (SSSR count). The molecule has 0 atom stereocenters. The maximum atomic E-state index is 12.0. The number of aromatic nitrogens is 2. The second-order valence-electron chi connectivity index (χ2n) is 5.16. The van der Waals surface area contributed by atoms with Crippen molar-refractivity contribution in [1.82, 2.24) is 15.5 Å². The summed E-state index contributed by atoms with van der Waals surface area (Å²) >= 11 is 1.65. The van der Waals surface area contributed by atoms with Crippen molar-refractivity contribution in [1.29, 1.82) is 0 Å². The topological polar surface area (TPSA) is 80.0 Å².